The summed E-state index contributed by atoms with van der Waals surface area (Å²) in [6.45, 7) is 1.55. The van der Waals surface area contributed by atoms with E-state index in [0.717, 1.165) is 19.3 Å². The molecule has 1 aliphatic carbocycles. The third kappa shape index (κ3) is 3.14. The van der Waals surface area contributed by atoms with Gasteiger partial charge in [-0.3, -0.25) is 4.79 Å². The molecule has 1 aromatic rings. The van der Waals surface area contributed by atoms with Gasteiger partial charge in [0.1, 0.15) is 6.61 Å². The Morgan fingerprint density at radius 2 is 1.83 bits per heavy atom. The SMILES string of the molecule is O=C(NC1CCC2OCCOC2C1)C1COc2ccccc2O1. The van der Waals surface area contributed by atoms with Gasteiger partial charge in [-0.25, -0.2) is 0 Å². The first-order valence-corrected chi connectivity index (χ1v) is 8.21. The molecule has 1 saturated carbocycles. The maximum Gasteiger partial charge on any atom is 0.264 e. The van der Waals surface area contributed by atoms with E-state index < -0.39 is 6.10 Å². The summed E-state index contributed by atoms with van der Waals surface area (Å²) in [5.74, 6) is 1.18. The standard InChI is InChI=1S/C17H21NO5/c19-17(16-10-22-12-3-1-2-4-14(12)23-16)18-11-5-6-13-15(9-11)21-8-7-20-13/h1-4,11,13,15-16H,5-10H2,(H,18,19). The molecule has 0 spiro atoms. The molecule has 23 heavy (non-hydrogen) atoms. The average Bonchev–Trinajstić information content (AvgIpc) is 2.61. The van der Waals surface area contributed by atoms with Gasteiger partial charge in [0, 0.05) is 6.04 Å². The second-order valence-electron chi connectivity index (χ2n) is 6.20. The van der Waals surface area contributed by atoms with Crippen LogP contribution in [0.1, 0.15) is 19.3 Å². The summed E-state index contributed by atoms with van der Waals surface area (Å²) in [6.07, 6.45) is 2.28. The normalized spacial score (nSPS) is 32.7. The first-order chi connectivity index (χ1) is 11.3. The van der Waals surface area contributed by atoms with Crippen molar-refractivity contribution >= 4 is 5.91 Å². The Hall–Kier alpha value is -1.79. The van der Waals surface area contributed by atoms with Gasteiger partial charge >= 0.3 is 0 Å². The molecule has 4 atom stereocenters. The molecule has 1 saturated heterocycles. The van der Waals surface area contributed by atoms with E-state index in [2.05, 4.69) is 5.32 Å². The number of nitrogens with one attached hydrogen (secondary N) is 1. The molecular formula is C17H21NO5. The molecule has 6 heteroatoms. The highest BCUT2D eigenvalue weighted by molar-refractivity contribution is 5.82. The van der Waals surface area contributed by atoms with Crippen molar-refractivity contribution in [3.8, 4) is 11.5 Å². The Kier molecular flexibility index (Phi) is 4.10. The first-order valence-electron chi connectivity index (χ1n) is 8.21. The van der Waals surface area contributed by atoms with Gasteiger partial charge in [0.25, 0.3) is 5.91 Å². The maximum atomic E-state index is 12.4. The van der Waals surface area contributed by atoms with Crippen LogP contribution >= 0.6 is 0 Å². The van der Waals surface area contributed by atoms with Crippen molar-refractivity contribution in [3.05, 3.63) is 24.3 Å². The van der Waals surface area contributed by atoms with Crippen LogP contribution in [0, 0.1) is 0 Å². The summed E-state index contributed by atoms with van der Waals surface area (Å²) in [6, 6.07) is 7.50. The van der Waals surface area contributed by atoms with Gasteiger partial charge in [-0.15, -0.1) is 0 Å². The van der Waals surface area contributed by atoms with Crippen molar-refractivity contribution in [2.75, 3.05) is 19.8 Å². The third-order valence-electron chi connectivity index (χ3n) is 4.63. The van der Waals surface area contributed by atoms with Gasteiger partial charge in [-0.1, -0.05) is 12.1 Å². The molecule has 4 unspecified atom stereocenters. The number of amides is 1. The number of hydrogen-bond donors (Lipinski definition) is 1. The molecule has 2 fully saturated rings. The van der Waals surface area contributed by atoms with E-state index in [1.165, 1.54) is 0 Å². The quantitative estimate of drug-likeness (QED) is 0.889. The molecule has 4 rings (SSSR count). The monoisotopic (exact) mass is 319 g/mol. The van der Waals surface area contributed by atoms with Crippen LogP contribution in [0.25, 0.3) is 0 Å². The molecule has 1 amide bonds. The predicted molar refractivity (Wildman–Crippen MR) is 81.6 cm³/mol. The molecule has 3 aliphatic rings. The molecule has 0 aromatic heterocycles. The van der Waals surface area contributed by atoms with E-state index in [1.54, 1.807) is 0 Å². The lowest BCUT2D eigenvalue weighted by Gasteiger charge is -2.39. The number of ether oxygens (including phenoxy) is 4. The zero-order valence-electron chi connectivity index (χ0n) is 12.9. The zero-order valence-corrected chi connectivity index (χ0v) is 12.9. The average molecular weight is 319 g/mol. The Morgan fingerprint density at radius 1 is 1.04 bits per heavy atom. The van der Waals surface area contributed by atoms with Crippen molar-refractivity contribution in [2.45, 2.75) is 43.6 Å². The zero-order chi connectivity index (χ0) is 15.6. The van der Waals surface area contributed by atoms with Crippen molar-refractivity contribution in [2.24, 2.45) is 0 Å². The lowest BCUT2D eigenvalue weighted by molar-refractivity contribution is -0.159. The fraction of sp³-hybridized carbons (Fsp3) is 0.588. The molecule has 124 valence electrons. The van der Waals surface area contributed by atoms with Gasteiger partial charge < -0.3 is 24.3 Å². The summed E-state index contributed by atoms with van der Waals surface area (Å²) in [5.41, 5.74) is 0. The minimum absolute atomic E-state index is 0.0899. The number of fused-ring (bicyclic) bond motifs is 2. The summed E-state index contributed by atoms with van der Waals surface area (Å²) in [7, 11) is 0. The molecule has 2 aliphatic heterocycles. The van der Waals surface area contributed by atoms with Crippen molar-refractivity contribution in [1.82, 2.24) is 5.32 Å². The molecule has 0 radical (unpaired) electrons. The lowest BCUT2D eigenvalue weighted by atomic mass is 9.89. The van der Waals surface area contributed by atoms with Gasteiger partial charge in [0.05, 0.1) is 25.4 Å². The van der Waals surface area contributed by atoms with E-state index in [-0.39, 0.29) is 30.8 Å². The number of rotatable bonds is 2. The molecule has 1 N–H and O–H groups in total. The second kappa shape index (κ2) is 6.37. The summed E-state index contributed by atoms with van der Waals surface area (Å²) >= 11 is 0. The van der Waals surface area contributed by atoms with E-state index in [4.69, 9.17) is 18.9 Å². The Labute approximate surface area is 135 Å². The van der Waals surface area contributed by atoms with E-state index in [0.29, 0.717) is 24.7 Å². The summed E-state index contributed by atoms with van der Waals surface area (Å²) in [5, 5.41) is 3.07. The second-order valence-corrected chi connectivity index (χ2v) is 6.20. The predicted octanol–water partition coefficient (Wildman–Crippen LogP) is 1.28. The third-order valence-corrected chi connectivity index (χ3v) is 4.63. The summed E-state index contributed by atoms with van der Waals surface area (Å²) in [4.78, 5) is 12.4. The fourth-order valence-electron chi connectivity index (χ4n) is 3.44. The molecule has 0 bridgehead atoms. The van der Waals surface area contributed by atoms with Gasteiger partial charge in [0.2, 0.25) is 6.10 Å². The van der Waals surface area contributed by atoms with Crippen LogP contribution in [-0.2, 0) is 14.3 Å². The van der Waals surface area contributed by atoms with E-state index in [1.807, 2.05) is 24.3 Å². The molecule has 1 aromatic carbocycles. The topological polar surface area (TPSA) is 66.0 Å². The van der Waals surface area contributed by atoms with Crippen molar-refractivity contribution in [1.29, 1.82) is 0 Å². The molecule has 2 heterocycles. The minimum atomic E-state index is -0.605. The number of hydrogen-bond acceptors (Lipinski definition) is 5. The lowest BCUT2D eigenvalue weighted by Crippen LogP contribution is -2.52. The molecular weight excluding hydrogens is 298 g/mol. The highest BCUT2D eigenvalue weighted by Crippen LogP contribution is 2.31. The number of carbonyl (C=O) groups excluding carboxylic acids is 1. The van der Waals surface area contributed by atoms with Gasteiger partial charge in [-0.2, -0.15) is 0 Å². The van der Waals surface area contributed by atoms with Crippen LogP contribution < -0.4 is 14.8 Å². The molecule has 6 nitrogen and oxygen atoms in total. The smallest absolute Gasteiger partial charge is 0.264 e. The Bertz CT molecular complexity index is 578. The number of carbonyl (C=O) groups is 1. The van der Waals surface area contributed by atoms with Crippen LogP contribution in [0.5, 0.6) is 11.5 Å². The van der Waals surface area contributed by atoms with E-state index >= 15 is 0 Å². The van der Waals surface area contributed by atoms with E-state index in [9.17, 15) is 4.79 Å². The van der Waals surface area contributed by atoms with Crippen LogP contribution in [-0.4, -0.2) is 50.1 Å². The number of para-hydroxylation sites is 2. The van der Waals surface area contributed by atoms with Crippen molar-refractivity contribution in [3.63, 3.8) is 0 Å². The van der Waals surface area contributed by atoms with Crippen LogP contribution in [0.15, 0.2) is 24.3 Å². The summed E-state index contributed by atoms with van der Waals surface area (Å²) < 4.78 is 22.8. The Balaban J connectivity index is 1.34. The minimum Gasteiger partial charge on any atom is -0.485 e. The van der Waals surface area contributed by atoms with Gasteiger partial charge in [-0.05, 0) is 31.4 Å². The van der Waals surface area contributed by atoms with Crippen LogP contribution in [0.2, 0.25) is 0 Å². The number of benzene rings is 1. The maximum absolute atomic E-state index is 12.4. The Morgan fingerprint density at radius 3 is 2.70 bits per heavy atom. The largest absolute Gasteiger partial charge is 0.485 e. The fourth-order valence-corrected chi connectivity index (χ4v) is 3.44. The van der Waals surface area contributed by atoms with Crippen LogP contribution in [0.4, 0.5) is 0 Å². The van der Waals surface area contributed by atoms with Gasteiger partial charge in [0.15, 0.2) is 11.5 Å². The highest BCUT2D eigenvalue weighted by atomic mass is 16.6. The van der Waals surface area contributed by atoms with Crippen molar-refractivity contribution < 1.29 is 23.7 Å². The first kappa shape index (κ1) is 14.8. The highest BCUT2D eigenvalue weighted by Gasteiger charge is 2.36. The van der Waals surface area contributed by atoms with Crippen LogP contribution in [0.3, 0.4) is 0 Å².